The summed E-state index contributed by atoms with van der Waals surface area (Å²) in [5.41, 5.74) is 1.09. The lowest BCUT2D eigenvalue weighted by Crippen LogP contribution is -2.08. The van der Waals surface area contributed by atoms with Gasteiger partial charge in [-0.1, -0.05) is 0 Å². The van der Waals surface area contributed by atoms with Gasteiger partial charge in [0.2, 0.25) is 0 Å². The number of nitrogens with zero attached hydrogens (tertiary/aromatic N) is 1. The molecule has 0 fully saturated rings. The number of nitroso groups, excluding NO2 is 1. The maximum atomic E-state index is 10.4. The molecule has 1 N–H and O–H groups in total. The van der Waals surface area contributed by atoms with Gasteiger partial charge in [-0.2, -0.15) is 0 Å². The SMILES string of the molecule is O=Nc1cc(O)cc2c1CCCO2. The minimum Gasteiger partial charge on any atom is -0.508 e. The van der Waals surface area contributed by atoms with E-state index in [0.717, 1.165) is 18.4 Å². The van der Waals surface area contributed by atoms with E-state index in [1.165, 1.54) is 12.1 Å². The van der Waals surface area contributed by atoms with Crippen LogP contribution < -0.4 is 4.74 Å². The smallest absolute Gasteiger partial charge is 0.128 e. The van der Waals surface area contributed by atoms with Crippen molar-refractivity contribution in [3.63, 3.8) is 0 Å². The molecule has 1 aliphatic heterocycles. The summed E-state index contributed by atoms with van der Waals surface area (Å²) in [7, 11) is 0. The van der Waals surface area contributed by atoms with Crippen LogP contribution in [0.5, 0.6) is 11.5 Å². The van der Waals surface area contributed by atoms with Crippen LogP contribution in [-0.4, -0.2) is 11.7 Å². The van der Waals surface area contributed by atoms with Crippen molar-refractivity contribution in [2.75, 3.05) is 6.61 Å². The van der Waals surface area contributed by atoms with Gasteiger partial charge in [0.05, 0.1) is 6.61 Å². The molecule has 0 radical (unpaired) electrons. The summed E-state index contributed by atoms with van der Waals surface area (Å²) in [6, 6.07) is 2.88. The van der Waals surface area contributed by atoms with Crippen LogP contribution in [0, 0.1) is 4.91 Å². The van der Waals surface area contributed by atoms with Crippen LogP contribution >= 0.6 is 0 Å². The topological polar surface area (TPSA) is 58.9 Å². The largest absolute Gasteiger partial charge is 0.508 e. The van der Waals surface area contributed by atoms with Gasteiger partial charge in [-0.3, -0.25) is 0 Å². The fourth-order valence-electron chi connectivity index (χ4n) is 1.51. The number of aromatic hydroxyl groups is 1. The molecule has 0 amide bonds. The highest BCUT2D eigenvalue weighted by atomic mass is 16.5. The van der Waals surface area contributed by atoms with E-state index in [-0.39, 0.29) is 11.4 Å². The third kappa shape index (κ3) is 1.35. The molecule has 0 atom stereocenters. The number of benzene rings is 1. The lowest BCUT2D eigenvalue weighted by molar-refractivity contribution is 0.287. The van der Waals surface area contributed by atoms with Gasteiger partial charge in [0.25, 0.3) is 0 Å². The Morgan fingerprint density at radius 1 is 1.46 bits per heavy atom. The van der Waals surface area contributed by atoms with Gasteiger partial charge in [-0.15, -0.1) is 4.91 Å². The fourth-order valence-corrected chi connectivity index (χ4v) is 1.51. The summed E-state index contributed by atoms with van der Waals surface area (Å²) in [5, 5.41) is 12.1. The molecular formula is C9H9NO3. The average molecular weight is 179 g/mol. The Balaban J connectivity index is 2.56. The van der Waals surface area contributed by atoms with E-state index in [9.17, 15) is 10.0 Å². The summed E-state index contributed by atoms with van der Waals surface area (Å²) in [4.78, 5) is 10.4. The highest BCUT2D eigenvalue weighted by Crippen LogP contribution is 2.36. The van der Waals surface area contributed by atoms with E-state index in [4.69, 9.17) is 4.74 Å². The first-order chi connectivity index (χ1) is 6.31. The van der Waals surface area contributed by atoms with Gasteiger partial charge in [-0.25, -0.2) is 0 Å². The third-order valence-corrected chi connectivity index (χ3v) is 2.10. The standard InChI is InChI=1S/C9H9NO3/c11-6-4-8(10-12)7-2-1-3-13-9(7)5-6/h4-5,11H,1-3H2. The molecule has 68 valence electrons. The van der Waals surface area contributed by atoms with Crippen molar-refractivity contribution in [1.82, 2.24) is 0 Å². The van der Waals surface area contributed by atoms with Crippen LogP contribution in [0.15, 0.2) is 17.3 Å². The van der Waals surface area contributed by atoms with E-state index in [1.54, 1.807) is 0 Å². The number of phenolic OH excluding ortho intramolecular Hbond substituents is 1. The van der Waals surface area contributed by atoms with Crippen LogP contribution in [-0.2, 0) is 6.42 Å². The summed E-state index contributed by atoms with van der Waals surface area (Å²) >= 11 is 0. The average Bonchev–Trinajstić information content (AvgIpc) is 2.16. The van der Waals surface area contributed by atoms with Gasteiger partial charge in [0.1, 0.15) is 17.2 Å². The molecule has 0 saturated heterocycles. The first kappa shape index (κ1) is 8.04. The maximum Gasteiger partial charge on any atom is 0.128 e. The zero-order valence-electron chi connectivity index (χ0n) is 6.99. The quantitative estimate of drug-likeness (QED) is 0.671. The van der Waals surface area contributed by atoms with Crippen LogP contribution in [0.2, 0.25) is 0 Å². The van der Waals surface area contributed by atoms with E-state index < -0.39 is 0 Å². The summed E-state index contributed by atoms with van der Waals surface area (Å²) < 4.78 is 5.29. The highest BCUT2D eigenvalue weighted by molar-refractivity contribution is 5.58. The van der Waals surface area contributed by atoms with Crippen LogP contribution in [0.3, 0.4) is 0 Å². The molecule has 0 bridgehead atoms. The van der Waals surface area contributed by atoms with E-state index in [2.05, 4.69) is 5.18 Å². The number of phenols is 1. The van der Waals surface area contributed by atoms with E-state index in [0.29, 0.717) is 12.4 Å². The normalized spacial score (nSPS) is 14.5. The van der Waals surface area contributed by atoms with Gasteiger partial charge in [0.15, 0.2) is 0 Å². The van der Waals surface area contributed by atoms with Crippen LogP contribution in [0.25, 0.3) is 0 Å². The fraction of sp³-hybridized carbons (Fsp3) is 0.333. The van der Waals surface area contributed by atoms with Crippen molar-refractivity contribution in [2.45, 2.75) is 12.8 Å². The Morgan fingerprint density at radius 3 is 3.08 bits per heavy atom. The molecule has 4 nitrogen and oxygen atoms in total. The second-order valence-corrected chi connectivity index (χ2v) is 2.98. The van der Waals surface area contributed by atoms with Gasteiger partial charge in [0, 0.05) is 17.7 Å². The molecular weight excluding hydrogens is 170 g/mol. The van der Waals surface area contributed by atoms with Crippen molar-refractivity contribution in [3.8, 4) is 11.5 Å². The van der Waals surface area contributed by atoms with Gasteiger partial charge < -0.3 is 9.84 Å². The second-order valence-electron chi connectivity index (χ2n) is 2.98. The number of rotatable bonds is 1. The molecule has 1 aromatic carbocycles. The lowest BCUT2D eigenvalue weighted by Gasteiger charge is -2.17. The number of hydrogen-bond acceptors (Lipinski definition) is 4. The molecule has 4 heteroatoms. The molecule has 1 aliphatic rings. The van der Waals surface area contributed by atoms with Crippen molar-refractivity contribution < 1.29 is 9.84 Å². The Bertz CT molecular complexity index is 349. The van der Waals surface area contributed by atoms with Gasteiger partial charge in [-0.05, 0) is 18.0 Å². The molecule has 1 heterocycles. The van der Waals surface area contributed by atoms with Crippen molar-refractivity contribution in [1.29, 1.82) is 0 Å². The molecule has 1 aromatic rings. The lowest BCUT2D eigenvalue weighted by atomic mass is 10.0. The van der Waals surface area contributed by atoms with Crippen molar-refractivity contribution in [3.05, 3.63) is 22.6 Å². The zero-order valence-corrected chi connectivity index (χ0v) is 6.99. The number of fused-ring (bicyclic) bond motifs is 1. The molecule has 0 aromatic heterocycles. The molecule has 0 aliphatic carbocycles. The Hall–Kier alpha value is -1.58. The van der Waals surface area contributed by atoms with Crippen molar-refractivity contribution in [2.24, 2.45) is 5.18 Å². The maximum absolute atomic E-state index is 10.4. The zero-order chi connectivity index (χ0) is 9.26. The molecule has 0 unspecified atom stereocenters. The number of hydrogen-bond donors (Lipinski definition) is 1. The molecule has 2 rings (SSSR count). The molecule has 0 saturated carbocycles. The predicted octanol–water partition coefficient (Wildman–Crippen LogP) is 2.12. The van der Waals surface area contributed by atoms with Crippen molar-refractivity contribution >= 4 is 5.69 Å². The minimum atomic E-state index is 0.0234. The number of ether oxygens (including phenoxy) is 1. The Morgan fingerprint density at radius 2 is 2.31 bits per heavy atom. The Labute approximate surface area is 75.1 Å². The first-order valence-corrected chi connectivity index (χ1v) is 4.13. The summed E-state index contributed by atoms with van der Waals surface area (Å²) in [6.07, 6.45) is 1.68. The highest BCUT2D eigenvalue weighted by Gasteiger charge is 2.16. The monoisotopic (exact) mass is 179 g/mol. The van der Waals surface area contributed by atoms with Crippen LogP contribution in [0.4, 0.5) is 5.69 Å². The Kier molecular flexibility index (Phi) is 1.88. The predicted molar refractivity (Wildman–Crippen MR) is 47.4 cm³/mol. The second kappa shape index (κ2) is 3.05. The molecule has 0 spiro atoms. The first-order valence-electron chi connectivity index (χ1n) is 4.13. The summed E-state index contributed by atoms with van der Waals surface area (Å²) in [5.74, 6) is 0.608. The van der Waals surface area contributed by atoms with E-state index in [1.807, 2.05) is 0 Å². The van der Waals surface area contributed by atoms with Gasteiger partial charge >= 0.3 is 0 Å². The van der Waals surface area contributed by atoms with Crippen LogP contribution in [0.1, 0.15) is 12.0 Å². The van der Waals surface area contributed by atoms with E-state index >= 15 is 0 Å². The molecule has 13 heavy (non-hydrogen) atoms. The third-order valence-electron chi connectivity index (χ3n) is 2.10. The summed E-state index contributed by atoms with van der Waals surface area (Å²) in [6.45, 7) is 0.634. The minimum absolute atomic E-state index is 0.0234.